The molecule has 3 nitrogen and oxygen atoms in total. The van der Waals surface area contributed by atoms with Crippen LogP contribution in [0.4, 0.5) is 0 Å². The minimum absolute atomic E-state index is 0.0499. The van der Waals surface area contributed by atoms with E-state index in [2.05, 4.69) is 32.1 Å². The molecule has 0 amide bonds. The van der Waals surface area contributed by atoms with Crippen LogP contribution in [0.2, 0.25) is 0 Å². The smallest absolute Gasteiger partial charge is 0.302 e. The van der Waals surface area contributed by atoms with E-state index >= 15 is 0 Å². The third kappa shape index (κ3) is 2.46. The molecule has 0 spiro atoms. The van der Waals surface area contributed by atoms with Crippen LogP contribution in [-0.4, -0.2) is 17.9 Å². The Morgan fingerprint density at radius 1 is 1.12 bits per heavy atom. The molecule has 5 atom stereocenters. The lowest BCUT2D eigenvalue weighted by Crippen LogP contribution is -2.47. The summed E-state index contributed by atoms with van der Waals surface area (Å²) in [5.41, 5.74) is 4.14. The molecular weight excluding hydrogens is 324 g/mol. The van der Waals surface area contributed by atoms with Crippen LogP contribution in [0.15, 0.2) is 34.9 Å². The maximum Gasteiger partial charge on any atom is 0.302 e. The van der Waals surface area contributed by atoms with Crippen molar-refractivity contribution in [2.24, 2.45) is 22.7 Å². The molecule has 0 radical (unpaired) electrons. The summed E-state index contributed by atoms with van der Waals surface area (Å²) in [7, 11) is 0. The van der Waals surface area contributed by atoms with Crippen molar-refractivity contribution in [1.29, 1.82) is 0 Å². The fourth-order valence-electron chi connectivity index (χ4n) is 6.48. The molecule has 0 aromatic rings. The minimum Gasteiger partial charge on any atom is -0.462 e. The van der Waals surface area contributed by atoms with Crippen molar-refractivity contribution >= 4 is 11.8 Å². The molecule has 0 aromatic carbocycles. The monoisotopic (exact) mass is 354 g/mol. The first-order valence-electron chi connectivity index (χ1n) is 10.1. The second-order valence-corrected chi connectivity index (χ2v) is 9.20. The van der Waals surface area contributed by atoms with E-state index in [0.29, 0.717) is 11.8 Å². The van der Waals surface area contributed by atoms with Gasteiger partial charge in [0.15, 0.2) is 5.78 Å². The number of carbonyl (C=O) groups is 2. The number of hydrogen-bond acceptors (Lipinski definition) is 3. The van der Waals surface area contributed by atoms with Crippen LogP contribution in [0.1, 0.15) is 66.2 Å². The van der Waals surface area contributed by atoms with Crippen LogP contribution < -0.4 is 0 Å². The summed E-state index contributed by atoms with van der Waals surface area (Å²) < 4.78 is 5.51. The zero-order chi connectivity index (χ0) is 18.7. The van der Waals surface area contributed by atoms with E-state index in [9.17, 15) is 9.59 Å². The van der Waals surface area contributed by atoms with Crippen LogP contribution in [-0.2, 0) is 14.3 Å². The van der Waals surface area contributed by atoms with Gasteiger partial charge in [0.25, 0.3) is 0 Å². The first kappa shape index (κ1) is 17.8. The summed E-state index contributed by atoms with van der Waals surface area (Å²) in [5, 5.41) is 0. The second-order valence-electron chi connectivity index (χ2n) is 9.20. The molecule has 26 heavy (non-hydrogen) atoms. The summed E-state index contributed by atoms with van der Waals surface area (Å²) in [6, 6.07) is 0. The lowest BCUT2D eigenvalue weighted by molar-refractivity contribution is -0.148. The van der Waals surface area contributed by atoms with Gasteiger partial charge in [-0.3, -0.25) is 9.59 Å². The molecule has 4 aliphatic carbocycles. The molecular formula is C23H30O3. The largest absolute Gasteiger partial charge is 0.462 e. The van der Waals surface area contributed by atoms with Gasteiger partial charge in [-0.2, -0.15) is 0 Å². The quantitative estimate of drug-likeness (QED) is 0.522. The van der Waals surface area contributed by atoms with Crippen molar-refractivity contribution in [3.05, 3.63) is 34.9 Å². The van der Waals surface area contributed by atoms with E-state index in [4.69, 9.17) is 4.74 Å². The number of carbonyl (C=O) groups excluding carboxylic acids is 2. The van der Waals surface area contributed by atoms with E-state index in [1.807, 2.05) is 0 Å². The topological polar surface area (TPSA) is 43.4 Å². The Bertz CT molecular complexity index is 755. The highest BCUT2D eigenvalue weighted by molar-refractivity contribution is 5.96. The van der Waals surface area contributed by atoms with Crippen molar-refractivity contribution in [2.75, 3.05) is 0 Å². The zero-order valence-corrected chi connectivity index (χ0v) is 16.4. The van der Waals surface area contributed by atoms with Crippen molar-refractivity contribution in [2.45, 2.75) is 72.3 Å². The van der Waals surface area contributed by atoms with Crippen molar-refractivity contribution < 1.29 is 14.3 Å². The maximum atomic E-state index is 12.1. The molecule has 4 aliphatic rings. The Morgan fingerprint density at radius 2 is 1.88 bits per heavy atom. The molecule has 3 heteroatoms. The Kier molecular flexibility index (Phi) is 4.05. The predicted octanol–water partition coefficient (Wildman–Crippen LogP) is 4.93. The Hall–Kier alpha value is -1.64. The summed E-state index contributed by atoms with van der Waals surface area (Å²) in [6.07, 6.45) is 13.1. The summed E-state index contributed by atoms with van der Waals surface area (Å²) in [6.45, 7) is 7.91. The molecule has 0 N–H and O–H groups in total. The lowest BCUT2D eigenvalue weighted by Gasteiger charge is -2.56. The van der Waals surface area contributed by atoms with Gasteiger partial charge in [0.2, 0.25) is 0 Å². The van der Waals surface area contributed by atoms with Gasteiger partial charge >= 0.3 is 5.97 Å². The standard InChI is InChI=1S/C23H30O3/c1-14(24)19-7-8-20-18-6-5-16-13-17(26-15(2)25)9-11-22(16,3)21(18)10-12-23(19,20)4/h5,7-8,17-18,21H,6,9-13H2,1-4H3/t17-,18+,21+,22-,23-/m0/s1. The Morgan fingerprint density at radius 3 is 2.58 bits per heavy atom. The first-order valence-corrected chi connectivity index (χ1v) is 10.1. The average Bonchev–Trinajstić information content (AvgIpc) is 2.92. The molecule has 140 valence electrons. The maximum absolute atomic E-state index is 12.1. The highest BCUT2D eigenvalue weighted by atomic mass is 16.5. The van der Waals surface area contributed by atoms with E-state index in [0.717, 1.165) is 37.7 Å². The fourth-order valence-corrected chi connectivity index (χ4v) is 6.48. The highest BCUT2D eigenvalue weighted by Gasteiger charge is 2.54. The molecule has 0 bridgehead atoms. The molecule has 4 rings (SSSR count). The number of hydrogen-bond donors (Lipinski definition) is 0. The molecule has 0 aliphatic heterocycles. The van der Waals surface area contributed by atoms with Crippen LogP contribution in [0.25, 0.3) is 0 Å². The predicted molar refractivity (Wildman–Crippen MR) is 101 cm³/mol. The third-order valence-corrected chi connectivity index (χ3v) is 7.82. The van der Waals surface area contributed by atoms with E-state index < -0.39 is 0 Å². The number of ketones is 1. The number of rotatable bonds is 2. The van der Waals surface area contributed by atoms with Gasteiger partial charge < -0.3 is 4.74 Å². The van der Waals surface area contributed by atoms with E-state index in [1.54, 1.807) is 6.92 Å². The average molecular weight is 354 g/mol. The van der Waals surface area contributed by atoms with Gasteiger partial charge in [0.05, 0.1) is 0 Å². The van der Waals surface area contributed by atoms with Crippen LogP contribution >= 0.6 is 0 Å². The number of fused-ring (bicyclic) bond motifs is 5. The number of allylic oxidation sites excluding steroid dienone is 5. The van der Waals surface area contributed by atoms with Gasteiger partial charge in [0.1, 0.15) is 6.10 Å². The fraction of sp³-hybridized carbons (Fsp3) is 0.652. The van der Waals surface area contributed by atoms with Gasteiger partial charge in [0, 0.05) is 24.3 Å². The number of esters is 1. The Balaban J connectivity index is 1.61. The molecule has 0 heterocycles. The highest BCUT2D eigenvalue weighted by Crippen LogP contribution is 2.63. The third-order valence-electron chi connectivity index (χ3n) is 7.82. The lowest BCUT2D eigenvalue weighted by atomic mass is 9.49. The van der Waals surface area contributed by atoms with Gasteiger partial charge in [-0.15, -0.1) is 0 Å². The second kappa shape index (κ2) is 5.94. The molecule has 2 saturated carbocycles. The normalized spacial score (nSPS) is 41.1. The molecule has 2 fully saturated rings. The van der Waals surface area contributed by atoms with E-state index in [1.165, 1.54) is 24.5 Å². The number of Topliss-reactive ketones (excluding diaryl/α,β-unsaturated/α-hetero) is 1. The Labute approximate surface area is 156 Å². The zero-order valence-electron chi connectivity index (χ0n) is 16.4. The summed E-state index contributed by atoms with van der Waals surface area (Å²) >= 11 is 0. The van der Waals surface area contributed by atoms with Crippen LogP contribution in [0, 0.1) is 22.7 Å². The van der Waals surface area contributed by atoms with Crippen LogP contribution in [0.3, 0.4) is 0 Å². The summed E-state index contributed by atoms with van der Waals surface area (Å²) in [4.78, 5) is 23.5. The molecule has 0 aromatic heterocycles. The van der Waals surface area contributed by atoms with E-state index in [-0.39, 0.29) is 28.7 Å². The van der Waals surface area contributed by atoms with Crippen LogP contribution in [0.5, 0.6) is 0 Å². The van der Waals surface area contributed by atoms with Gasteiger partial charge in [-0.1, -0.05) is 43.2 Å². The van der Waals surface area contributed by atoms with Gasteiger partial charge in [-0.05, 0) is 56.3 Å². The summed E-state index contributed by atoms with van der Waals surface area (Å²) in [5.74, 6) is 1.23. The SMILES string of the molecule is CC(=O)O[C@H]1CC[C@@]2(C)C(=CC[C@@H]3C4=CC=C(C(C)=O)[C@]4(C)CC[C@H]32)C1. The molecule has 0 saturated heterocycles. The van der Waals surface area contributed by atoms with Gasteiger partial charge in [-0.25, -0.2) is 0 Å². The molecule has 0 unspecified atom stereocenters. The van der Waals surface area contributed by atoms with Crippen molar-refractivity contribution in [3.8, 4) is 0 Å². The minimum atomic E-state index is -0.166. The van der Waals surface area contributed by atoms with Crippen molar-refractivity contribution in [1.82, 2.24) is 0 Å². The number of ether oxygens (including phenoxy) is 1. The first-order chi connectivity index (χ1) is 12.3. The van der Waals surface area contributed by atoms with Crippen molar-refractivity contribution in [3.63, 3.8) is 0 Å².